The molecule has 0 saturated carbocycles. The highest BCUT2D eigenvalue weighted by Gasteiger charge is 2.54. The number of hydrogen-bond donors (Lipinski definition) is 0. The van der Waals surface area contributed by atoms with Gasteiger partial charge >= 0.3 is 0 Å². The summed E-state index contributed by atoms with van der Waals surface area (Å²) >= 11 is 0. The molecule has 2 amide bonds. The zero-order valence-corrected chi connectivity index (χ0v) is 19.9. The average molecular weight is 442 g/mol. The highest BCUT2D eigenvalue weighted by molar-refractivity contribution is 6.73. The first-order valence-corrected chi connectivity index (χ1v) is 13.3. The van der Waals surface area contributed by atoms with E-state index in [1.807, 2.05) is 18.2 Å². The maximum atomic E-state index is 13.2. The number of amides is 2. The van der Waals surface area contributed by atoms with Crippen molar-refractivity contribution in [1.82, 2.24) is 4.90 Å². The van der Waals surface area contributed by atoms with E-state index in [0.717, 1.165) is 23.7 Å². The standard InChI is InChI=1S/C24H31NO5Si/c1-6-31(7-2,8-3)30-22-21(18-14-15-19(28-4)20(16-18)29-5)25(24(22)27)23(26)17-12-10-9-11-13-17/h9-16,21-22H,6-8H2,1-5H3/t21-,22+/m1/s1. The van der Waals surface area contributed by atoms with Gasteiger partial charge in [0, 0.05) is 5.56 Å². The largest absolute Gasteiger partial charge is 0.493 e. The second-order valence-corrected chi connectivity index (χ2v) is 12.4. The molecule has 0 unspecified atom stereocenters. The zero-order chi connectivity index (χ0) is 22.6. The topological polar surface area (TPSA) is 65.1 Å². The molecule has 1 saturated heterocycles. The molecule has 166 valence electrons. The Balaban J connectivity index is 2.02. The van der Waals surface area contributed by atoms with Gasteiger partial charge in [-0.2, -0.15) is 0 Å². The molecule has 1 aliphatic heterocycles. The van der Waals surface area contributed by atoms with Crippen LogP contribution >= 0.6 is 0 Å². The summed E-state index contributed by atoms with van der Waals surface area (Å²) in [4.78, 5) is 27.8. The zero-order valence-electron chi connectivity index (χ0n) is 18.9. The third-order valence-corrected chi connectivity index (χ3v) is 11.0. The number of methoxy groups -OCH3 is 2. The van der Waals surface area contributed by atoms with Crippen LogP contribution in [0.25, 0.3) is 0 Å². The fourth-order valence-electron chi connectivity index (χ4n) is 4.15. The molecule has 0 aromatic heterocycles. The SMILES string of the molecule is CC[Si](CC)(CC)O[C@@H]1C(=O)N(C(=O)c2ccccc2)[C@@H]1c1ccc(OC)c(OC)c1. The van der Waals surface area contributed by atoms with Gasteiger partial charge in [0.2, 0.25) is 0 Å². The van der Waals surface area contributed by atoms with E-state index >= 15 is 0 Å². The van der Waals surface area contributed by atoms with Crippen LogP contribution < -0.4 is 9.47 Å². The molecule has 3 rings (SSSR count). The van der Waals surface area contributed by atoms with E-state index in [1.54, 1.807) is 44.6 Å². The summed E-state index contributed by atoms with van der Waals surface area (Å²) < 4.78 is 17.4. The lowest BCUT2D eigenvalue weighted by atomic mass is 9.89. The minimum atomic E-state index is -2.06. The fourth-order valence-corrected chi connectivity index (χ4v) is 6.92. The lowest BCUT2D eigenvalue weighted by Crippen LogP contribution is -2.64. The Morgan fingerprint density at radius 3 is 2.10 bits per heavy atom. The molecule has 7 heteroatoms. The number of carbonyl (C=O) groups is 2. The second-order valence-electron chi connectivity index (χ2n) is 7.72. The van der Waals surface area contributed by atoms with Gasteiger partial charge in [-0.05, 0) is 48.0 Å². The average Bonchev–Trinajstić information content (AvgIpc) is 2.83. The predicted molar refractivity (Wildman–Crippen MR) is 122 cm³/mol. The first kappa shape index (κ1) is 23.0. The molecule has 2 atom stereocenters. The Hall–Kier alpha value is -2.64. The van der Waals surface area contributed by atoms with Crippen molar-refractivity contribution >= 4 is 20.1 Å². The minimum absolute atomic E-state index is 0.277. The van der Waals surface area contributed by atoms with Crippen molar-refractivity contribution in [3.8, 4) is 11.5 Å². The van der Waals surface area contributed by atoms with Gasteiger partial charge in [-0.25, -0.2) is 0 Å². The molecule has 0 bridgehead atoms. The molecule has 0 radical (unpaired) electrons. The first-order valence-electron chi connectivity index (χ1n) is 10.8. The maximum Gasteiger partial charge on any atom is 0.261 e. The molecule has 31 heavy (non-hydrogen) atoms. The summed E-state index contributed by atoms with van der Waals surface area (Å²) in [5.41, 5.74) is 1.27. The molecule has 0 aliphatic carbocycles. The van der Waals surface area contributed by atoms with Gasteiger partial charge < -0.3 is 13.9 Å². The smallest absolute Gasteiger partial charge is 0.261 e. The highest BCUT2D eigenvalue weighted by Crippen LogP contribution is 2.43. The summed E-state index contributed by atoms with van der Waals surface area (Å²) in [7, 11) is 1.08. The Morgan fingerprint density at radius 2 is 1.55 bits per heavy atom. The molecule has 0 spiro atoms. The van der Waals surface area contributed by atoms with Crippen LogP contribution in [0.15, 0.2) is 48.5 Å². The summed E-state index contributed by atoms with van der Waals surface area (Å²) in [6.07, 6.45) is -0.669. The predicted octanol–water partition coefficient (Wildman–Crippen LogP) is 4.82. The molecule has 1 fully saturated rings. The number of imide groups is 1. The van der Waals surface area contributed by atoms with Gasteiger partial charge in [0.1, 0.15) is 0 Å². The summed E-state index contributed by atoms with van der Waals surface area (Å²) in [5, 5.41) is 0. The van der Waals surface area contributed by atoms with Crippen LogP contribution in [0.4, 0.5) is 0 Å². The molecule has 6 nitrogen and oxygen atoms in total. The van der Waals surface area contributed by atoms with E-state index in [9.17, 15) is 9.59 Å². The third kappa shape index (κ3) is 4.25. The van der Waals surface area contributed by atoms with Gasteiger partial charge in [0.25, 0.3) is 11.8 Å². The molecule has 2 aromatic carbocycles. The molecule has 0 N–H and O–H groups in total. The second kappa shape index (κ2) is 9.66. The van der Waals surface area contributed by atoms with Crippen LogP contribution in [0.5, 0.6) is 11.5 Å². The summed E-state index contributed by atoms with van der Waals surface area (Å²) in [6.45, 7) is 6.38. The number of nitrogens with zero attached hydrogens (tertiary/aromatic N) is 1. The lowest BCUT2D eigenvalue weighted by Gasteiger charge is -2.48. The van der Waals surface area contributed by atoms with Gasteiger partial charge in [0.05, 0.1) is 20.3 Å². The quantitative estimate of drug-likeness (QED) is 0.317. The van der Waals surface area contributed by atoms with Crippen molar-refractivity contribution in [1.29, 1.82) is 0 Å². The van der Waals surface area contributed by atoms with Crippen molar-refractivity contribution < 1.29 is 23.5 Å². The molecule has 1 heterocycles. The van der Waals surface area contributed by atoms with Crippen molar-refractivity contribution in [2.75, 3.05) is 14.2 Å². The van der Waals surface area contributed by atoms with E-state index in [-0.39, 0.29) is 11.8 Å². The van der Waals surface area contributed by atoms with Gasteiger partial charge in [-0.1, -0.05) is 45.0 Å². The minimum Gasteiger partial charge on any atom is -0.493 e. The van der Waals surface area contributed by atoms with Crippen molar-refractivity contribution in [3.05, 3.63) is 59.7 Å². The van der Waals surface area contributed by atoms with E-state index in [0.29, 0.717) is 17.1 Å². The van der Waals surface area contributed by atoms with Crippen LogP contribution in [0.1, 0.15) is 42.7 Å². The third-order valence-electron chi connectivity index (χ3n) is 6.34. The maximum absolute atomic E-state index is 13.2. The Kier molecular flexibility index (Phi) is 7.18. The fraction of sp³-hybridized carbons (Fsp3) is 0.417. The molecular formula is C24H31NO5Si. The van der Waals surface area contributed by atoms with E-state index in [2.05, 4.69) is 20.8 Å². The molecule has 2 aromatic rings. The number of β-lactam (4-membered cyclic amide) rings is 1. The van der Waals surface area contributed by atoms with Crippen LogP contribution in [0, 0.1) is 0 Å². The molecular weight excluding hydrogens is 410 g/mol. The number of likely N-dealkylation sites (tertiary alicyclic amines) is 1. The first-order chi connectivity index (χ1) is 14.9. The Bertz CT molecular complexity index is 921. The van der Waals surface area contributed by atoms with Crippen LogP contribution in [-0.2, 0) is 9.22 Å². The number of carbonyl (C=O) groups excluding carboxylic acids is 2. The van der Waals surface area contributed by atoms with Gasteiger partial charge in [-0.15, -0.1) is 0 Å². The Morgan fingerprint density at radius 1 is 0.935 bits per heavy atom. The lowest BCUT2D eigenvalue weighted by molar-refractivity contribution is -0.158. The van der Waals surface area contributed by atoms with Crippen LogP contribution in [-0.4, -0.2) is 45.4 Å². The van der Waals surface area contributed by atoms with E-state index in [1.165, 1.54) is 4.90 Å². The number of rotatable bonds is 9. The van der Waals surface area contributed by atoms with Crippen molar-refractivity contribution in [2.24, 2.45) is 0 Å². The monoisotopic (exact) mass is 441 g/mol. The number of benzene rings is 2. The van der Waals surface area contributed by atoms with Gasteiger partial charge in [0.15, 0.2) is 25.9 Å². The molecule has 1 aliphatic rings. The number of hydrogen-bond acceptors (Lipinski definition) is 5. The van der Waals surface area contributed by atoms with Crippen molar-refractivity contribution in [2.45, 2.75) is 51.0 Å². The van der Waals surface area contributed by atoms with Gasteiger partial charge in [-0.3, -0.25) is 14.5 Å². The normalized spacial score (nSPS) is 18.5. The van der Waals surface area contributed by atoms with Crippen molar-refractivity contribution in [3.63, 3.8) is 0 Å². The number of ether oxygens (including phenoxy) is 2. The highest BCUT2D eigenvalue weighted by atomic mass is 28.4. The van der Waals surface area contributed by atoms with E-state index < -0.39 is 20.5 Å². The van der Waals surface area contributed by atoms with Crippen LogP contribution in [0.2, 0.25) is 18.1 Å². The Labute approximate surface area is 185 Å². The van der Waals surface area contributed by atoms with E-state index in [4.69, 9.17) is 13.9 Å². The summed E-state index contributed by atoms with van der Waals surface area (Å²) in [6, 6.07) is 16.6. The summed E-state index contributed by atoms with van der Waals surface area (Å²) in [5.74, 6) is 0.549. The van der Waals surface area contributed by atoms with Crippen LogP contribution in [0.3, 0.4) is 0 Å².